The van der Waals surface area contributed by atoms with Crippen LogP contribution in [0, 0.1) is 18.7 Å². The van der Waals surface area contributed by atoms with Gasteiger partial charge >= 0.3 is 0 Å². The Bertz CT molecular complexity index is 1040. The van der Waals surface area contributed by atoms with Gasteiger partial charge in [-0.25, -0.2) is 12.8 Å². The number of carbonyl (C=O) groups is 1. The smallest absolute Gasteiger partial charge is 0.243 e. The quantitative estimate of drug-likeness (QED) is 0.601. The number of sulfonamides is 1. The van der Waals surface area contributed by atoms with Crippen molar-refractivity contribution < 1.29 is 17.6 Å². The molecule has 2 aromatic carbocycles. The number of nitrogens with zero attached hydrogens (tertiary/aromatic N) is 2. The van der Waals surface area contributed by atoms with Gasteiger partial charge in [0.1, 0.15) is 5.82 Å². The van der Waals surface area contributed by atoms with Gasteiger partial charge in [0.05, 0.1) is 4.90 Å². The molecule has 1 heterocycles. The molecule has 1 aliphatic heterocycles. The molecule has 1 amide bonds. The van der Waals surface area contributed by atoms with E-state index in [2.05, 4.69) is 0 Å². The summed E-state index contributed by atoms with van der Waals surface area (Å²) in [6.07, 6.45) is 6.47. The van der Waals surface area contributed by atoms with Gasteiger partial charge in [-0.05, 0) is 62.4 Å². The SMILES string of the molecule is Cc1ccc(S(=O)(=O)N2CCC(C(=O)N(Cc3ccc(F)cc3)C3CCCCC3)CC2)cc1. The predicted molar refractivity (Wildman–Crippen MR) is 126 cm³/mol. The standard InChI is InChI=1S/C26H33FN2O3S/c1-20-7-13-25(14-8-20)33(31,32)28-17-15-22(16-18-28)26(30)29(24-5-3-2-4-6-24)19-21-9-11-23(27)12-10-21/h7-14,22,24H,2-6,15-19H2,1H3. The first-order valence-corrected chi connectivity index (χ1v) is 13.4. The maximum atomic E-state index is 13.6. The maximum absolute atomic E-state index is 13.6. The summed E-state index contributed by atoms with van der Waals surface area (Å²) >= 11 is 0. The van der Waals surface area contributed by atoms with Crippen molar-refractivity contribution in [1.29, 1.82) is 0 Å². The third-order valence-electron chi connectivity index (χ3n) is 7.03. The molecule has 0 aromatic heterocycles. The zero-order valence-corrected chi connectivity index (χ0v) is 20.1. The highest BCUT2D eigenvalue weighted by atomic mass is 32.2. The second kappa shape index (κ2) is 10.3. The van der Waals surface area contributed by atoms with Gasteiger partial charge in [0.25, 0.3) is 0 Å². The van der Waals surface area contributed by atoms with Crippen molar-refractivity contribution in [3.63, 3.8) is 0 Å². The molecule has 7 heteroatoms. The highest BCUT2D eigenvalue weighted by Gasteiger charge is 2.36. The lowest BCUT2D eigenvalue weighted by atomic mass is 9.90. The Kier molecular flexibility index (Phi) is 7.49. The minimum atomic E-state index is -3.55. The number of aryl methyl sites for hydroxylation is 1. The Morgan fingerprint density at radius 2 is 1.55 bits per heavy atom. The topological polar surface area (TPSA) is 57.7 Å². The van der Waals surface area contributed by atoms with Gasteiger partial charge in [0.15, 0.2) is 0 Å². The van der Waals surface area contributed by atoms with Crippen molar-refractivity contribution >= 4 is 15.9 Å². The van der Waals surface area contributed by atoms with E-state index < -0.39 is 10.0 Å². The molecule has 2 fully saturated rings. The highest BCUT2D eigenvalue weighted by Crippen LogP contribution is 2.30. The number of rotatable bonds is 6. The van der Waals surface area contributed by atoms with Crippen molar-refractivity contribution in [3.05, 3.63) is 65.5 Å². The summed E-state index contributed by atoms with van der Waals surface area (Å²) in [5, 5.41) is 0. The fourth-order valence-electron chi connectivity index (χ4n) is 5.00. The molecule has 1 saturated carbocycles. The van der Waals surface area contributed by atoms with Crippen LogP contribution in [0.5, 0.6) is 0 Å². The molecular formula is C26H33FN2O3S. The fraction of sp³-hybridized carbons (Fsp3) is 0.500. The van der Waals surface area contributed by atoms with E-state index in [1.807, 2.05) is 11.8 Å². The first-order chi connectivity index (χ1) is 15.8. The average molecular weight is 473 g/mol. The molecule has 0 bridgehead atoms. The fourth-order valence-corrected chi connectivity index (χ4v) is 6.47. The molecule has 178 valence electrons. The molecule has 0 atom stereocenters. The summed E-state index contributed by atoms with van der Waals surface area (Å²) in [5.41, 5.74) is 1.94. The highest BCUT2D eigenvalue weighted by molar-refractivity contribution is 7.89. The lowest BCUT2D eigenvalue weighted by Crippen LogP contribution is -2.47. The molecule has 33 heavy (non-hydrogen) atoms. The summed E-state index contributed by atoms with van der Waals surface area (Å²) in [7, 11) is -3.55. The minimum absolute atomic E-state index is 0.110. The number of carbonyl (C=O) groups excluding carboxylic acids is 1. The monoisotopic (exact) mass is 472 g/mol. The van der Waals surface area contributed by atoms with Crippen LogP contribution in [0.25, 0.3) is 0 Å². The Balaban J connectivity index is 1.45. The van der Waals surface area contributed by atoms with E-state index in [1.165, 1.54) is 22.9 Å². The van der Waals surface area contributed by atoms with Crippen LogP contribution in [0.3, 0.4) is 0 Å². The van der Waals surface area contributed by atoms with Gasteiger partial charge in [0.2, 0.25) is 15.9 Å². The van der Waals surface area contributed by atoms with Crippen LogP contribution in [0.4, 0.5) is 4.39 Å². The second-order valence-corrected chi connectivity index (χ2v) is 11.3. The number of hydrogen-bond donors (Lipinski definition) is 0. The van der Waals surface area contributed by atoms with E-state index in [0.717, 1.165) is 36.8 Å². The molecule has 5 nitrogen and oxygen atoms in total. The van der Waals surface area contributed by atoms with Gasteiger partial charge in [-0.1, -0.05) is 49.1 Å². The first kappa shape index (κ1) is 23.9. The van der Waals surface area contributed by atoms with Crippen LogP contribution in [-0.2, 0) is 21.4 Å². The summed E-state index contributed by atoms with van der Waals surface area (Å²) in [6, 6.07) is 13.5. The van der Waals surface area contributed by atoms with Crippen molar-refractivity contribution in [1.82, 2.24) is 9.21 Å². The van der Waals surface area contributed by atoms with E-state index in [4.69, 9.17) is 0 Å². The van der Waals surface area contributed by atoms with Gasteiger partial charge < -0.3 is 4.90 Å². The molecule has 0 N–H and O–H groups in total. The van der Waals surface area contributed by atoms with E-state index in [-0.39, 0.29) is 23.7 Å². The lowest BCUT2D eigenvalue weighted by Gasteiger charge is -2.39. The van der Waals surface area contributed by atoms with Crippen LogP contribution in [0.15, 0.2) is 53.4 Å². The number of hydrogen-bond acceptors (Lipinski definition) is 3. The Morgan fingerprint density at radius 1 is 0.939 bits per heavy atom. The van der Waals surface area contributed by atoms with Gasteiger partial charge in [-0.3, -0.25) is 4.79 Å². The Labute approximate surface area is 196 Å². The molecule has 4 rings (SSSR count). The molecule has 2 aliphatic rings. The summed E-state index contributed by atoms with van der Waals surface area (Å²) in [5.74, 6) is -0.355. The molecular weight excluding hydrogens is 439 g/mol. The lowest BCUT2D eigenvalue weighted by molar-refractivity contribution is -0.140. The van der Waals surface area contributed by atoms with Gasteiger partial charge in [-0.15, -0.1) is 0 Å². The third-order valence-corrected chi connectivity index (χ3v) is 8.94. The second-order valence-electron chi connectivity index (χ2n) is 9.38. The molecule has 1 aliphatic carbocycles. The van der Waals surface area contributed by atoms with E-state index in [0.29, 0.717) is 37.4 Å². The van der Waals surface area contributed by atoms with E-state index in [1.54, 1.807) is 36.4 Å². The van der Waals surface area contributed by atoms with E-state index >= 15 is 0 Å². The first-order valence-electron chi connectivity index (χ1n) is 12.0. The third kappa shape index (κ3) is 5.64. The van der Waals surface area contributed by atoms with Crippen LogP contribution < -0.4 is 0 Å². The number of halogens is 1. The molecule has 2 aromatic rings. The maximum Gasteiger partial charge on any atom is 0.243 e. The molecule has 0 spiro atoms. The zero-order chi connectivity index (χ0) is 23.4. The van der Waals surface area contributed by atoms with Crippen molar-refractivity contribution in [2.75, 3.05) is 13.1 Å². The van der Waals surface area contributed by atoms with E-state index in [9.17, 15) is 17.6 Å². The number of amides is 1. The zero-order valence-electron chi connectivity index (χ0n) is 19.2. The Morgan fingerprint density at radius 3 is 2.15 bits per heavy atom. The van der Waals surface area contributed by atoms with Crippen LogP contribution in [0.1, 0.15) is 56.1 Å². The minimum Gasteiger partial charge on any atom is -0.335 e. The average Bonchev–Trinajstić information content (AvgIpc) is 2.84. The van der Waals surface area contributed by atoms with Crippen molar-refractivity contribution in [2.24, 2.45) is 5.92 Å². The van der Waals surface area contributed by atoms with Crippen LogP contribution >= 0.6 is 0 Å². The summed E-state index contributed by atoms with van der Waals surface area (Å²) < 4.78 is 40.9. The molecule has 0 unspecified atom stereocenters. The largest absolute Gasteiger partial charge is 0.335 e. The summed E-state index contributed by atoms with van der Waals surface area (Å²) in [4.78, 5) is 15.9. The van der Waals surface area contributed by atoms with Crippen LogP contribution in [-0.4, -0.2) is 42.7 Å². The van der Waals surface area contributed by atoms with Gasteiger partial charge in [0, 0.05) is 31.6 Å². The summed E-state index contributed by atoms with van der Waals surface area (Å²) in [6.45, 7) is 3.10. The Hall–Kier alpha value is -2.25. The van der Waals surface area contributed by atoms with Gasteiger partial charge in [-0.2, -0.15) is 4.31 Å². The normalized spacial score (nSPS) is 18.8. The predicted octanol–water partition coefficient (Wildman–Crippen LogP) is 4.90. The number of benzene rings is 2. The molecule has 1 saturated heterocycles. The van der Waals surface area contributed by atoms with Crippen LogP contribution in [0.2, 0.25) is 0 Å². The van der Waals surface area contributed by atoms with Crippen molar-refractivity contribution in [2.45, 2.75) is 69.4 Å². The number of piperidine rings is 1. The molecule has 0 radical (unpaired) electrons. The van der Waals surface area contributed by atoms with Crippen molar-refractivity contribution in [3.8, 4) is 0 Å².